The molecule has 0 saturated carbocycles. The molecule has 9 nitrogen and oxygen atoms in total. The molecule has 0 saturated heterocycles. The molecule has 2 aromatic carbocycles. The van der Waals surface area contributed by atoms with Crippen LogP contribution in [-0.2, 0) is 4.79 Å². The number of non-ortho nitro benzene ring substituents is 1. The number of aromatic nitrogens is 1. The number of para-hydroxylation sites is 1. The monoisotopic (exact) mass is 393 g/mol. The zero-order valence-corrected chi connectivity index (χ0v) is 14.9. The molecule has 0 spiro atoms. The lowest BCUT2D eigenvalue weighted by atomic mass is 10.1. The number of nitrogens with zero attached hydrogens (tertiary/aromatic N) is 4. The van der Waals surface area contributed by atoms with Crippen LogP contribution >= 0.6 is 11.3 Å². The van der Waals surface area contributed by atoms with Crippen LogP contribution in [0.25, 0.3) is 5.57 Å². The van der Waals surface area contributed by atoms with Crippen molar-refractivity contribution in [3.63, 3.8) is 0 Å². The zero-order valence-electron chi connectivity index (χ0n) is 14.1. The summed E-state index contributed by atoms with van der Waals surface area (Å²) in [4.78, 5) is 30.8. The van der Waals surface area contributed by atoms with E-state index in [1.165, 1.54) is 18.3 Å². The Morgan fingerprint density at radius 1 is 1.21 bits per heavy atom. The maximum Gasteiger partial charge on any atom is 0.279 e. The third-order valence-electron chi connectivity index (χ3n) is 3.90. The van der Waals surface area contributed by atoms with Crippen molar-refractivity contribution in [2.24, 2.45) is 10.1 Å². The molecule has 4 rings (SSSR count). The van der Waals surface area contributed by atoms with Crippen LogP contribution < -0.4 is 16.0 Å². The van der Waals surface area contributed by atoms with Crippen molar-refractivity contribution in [1.82, 2.24) is 4.98 Å². The van der Waals surface area contributed by atoms with Crippen LogP contribution in [0.3, 0.4) is 0 Å². The average Bonchev–Trinajstić information content (AvgIpc) is 3.20. The Morgan fingerprint density at radius 3 is 2.86 bits per heavy atom. The van der Waals surface area contributed by atoms with E-state index in [1.807, 2.05) is 0 Å². The number of nitrogens with one attached hydrogen (secondary N) is 1. The highest BCUT2D eigenvalue weighted by molar-refractivity contribution is 7.17. The fourth-order valence-electron chi connectivity index (χ4n) is 2.69. The molecule has 1 aliphatic heterocycles. The van der Waals surface area contributed by atoms with Gasteiger partial charge in [-0.3, -0.25) is 20.3 Å². The number of aromatic hydroxyl groups is 1. The summed E-state index contributed by atoms with van der Waals surface area (Å²) in [7, 11) is 0. The molecule has 0 radical (unpaired) electrons. The van der Waals surface area contributed by atoms with E-state index in [1.54, 1.807) is 36.4 Å². The number of amides is 1. The summed E-state index contributed by atoms with van der Waals surface area (Å²) in [5.74, 6) is -0.736. The van der Waals surface area contributed by atoms with Crippen molar-refractivity contribution < 1.29 is 14.8 Å². The lowest BCUT2D eigenvalue weighted by Crippen LogP contribution is -2.22. The van der Waals surface area contributed by atoms with Gasteiger partial charge in [-0.2, -0.15) is 10.1 Å². The molecule has 2 heterocycles. The number of fused-ring (bicyclic) bond motifs is 1. The van der Waals surface area contributed by atoms with Gasteiger partial charge in [0.15, 0.2) is 0 Å². The number of carbonyl (C=O) groups is 1. The molecule has 1 aromatic heterocycles. The van der Waals surface area contributed by atoms with Gasteiger partial charge in [0.25, 0.3) is 11.6 Å². The molecular weight excluding hydrogens is 382 g/mol. The Hall–Kier alpha value is -3.92. The second kappa shape index (κ2) is 7.00. The first-order valence-electron chi connectivity index (χ1n) is 7.99. The normalized spacial score (nSPS) is 12.9. The Bertz CT molecular complexity index is 1260. The van der Waals surface area contributed by atoms with Gasteiger partial charge >= 0.3 is 0 Å². The average molecular weight is 393 g/mol. The predicted molar refractivity (Wildman–Crippen MR) is 103 cm³/mol. The Kier molecular flexibility index (Phi) is 4.38. The lowest BCUT2D eigenvalue weighted by molar-refractivity contribution is -0.384. The highest BCUT2D eigenvalue weighted by Gasteiger charge is 2.24. The molecule has 0 bridgehead atoms. The van der Waals surface area contributed by atoms with Gasteiger partial charge in [0.2, 0.25) is 11.0 Å². The number of nitro groups is 1. The molecule has 2 N–H and O–H groups in total. The van der Waals surface area contributed by atoms with E-state index >= 15 is 0 Å². The first kappa shape index (κ1) is 17.5. The smallest absolute Gasteiger partial charge is 0.279 e. The predicted octanol–water partition coefficient (Wildman–Crippen LogP) is 1.56. The van der Waals surface area contributed by atoms with Crippen LogP contribution in [0.1, 0.15) is 10.4 Å². The maximum atomic E-state index is 12.2. The van der Waals surface area contributed by atoms with E-state index in [9.17, 15) is 20.0 Å². The standard InChI is InChI=1S/C18H11N5O4S/c24-16-14(12-6-1-2-7-13(12)20-16)15-17(25)21-18(28-15)22-19-9-10-4-3-5-11(8-10)23(26)27/h1-9,25H,(H,21,22)/b19-9+. The molecule has 138 valence electrons. The minimum atomic E-state index is -0.491. The van der Waals surface area contributed by atoms with Gasteiger partial charge in [0.1, 0.15) is 4.88 Å². The molecule has 1 amide bonds. The number of hydrogen-bond donors (Lipinski definition) is 2. The molecule has 0 atom stereocenters. The van der Waals surface area contributed by atoms with Gasteiger partial charge in [-0.25, -0.2) is 4.99 Å². The second-order valence-corrected chi connectivity index (χ2v) is 6.70. The summed E-state index contributed by atoms with van der Waals surface area (Å²) in [5.41, 5.74) is 3.43. The minimum Gasteiger partial charge on any atom is -0.492 e. The first-order chi connectivity index (χ1) is 13.5. The van der Waals surface area contributed by atoms with Crippen LogP contribution in [0.5, 0.6) is 5.88 Å². The van der Waals surface area contributed by atoms with Gasteiger partial charge in [-0.1, -0.05) is 41.7 Å². The Labute approximate surface area is 161 Å². The number of carbonyl (C=O) groups excluding carboxylic acids is 1. The van der Waals surface area contributed by atoms with E-state index in [-0.39, 0.29) is 16.7 Å². The third kappa shape index (κ3) is 3.23. The summed E-state index contributed by atoms with van der Waals surface area (Å²) >= 11 is 1.06. The quantitative estimate of drug-likeness (QED) is 0.384. The van der Waals surface area contributed by atoms with Crippen molar-refractivity contribution >= 4 is 39.9 Å². The molecular formula is C18H11N5O4S. The van der Waals surface area contributed by atoms with Crippen molar-refractivity contribution in [3.8, 4) is 5.88 Å². The summed E-state index contributed by atoms with van der Waals surface area (Å²) in [5, 5.41) is 26.4. The van der Waals surface area contributed by atoms with Crippen LogP contribution in [0.15, 0.2) is 58.6 Å². The topological polar surface area (TPSA) is 130 Å². The van der Waals surface area contributed by atoms with E-state index in [4.69, 9.17) is 0 Å². The summed E-state index contributed by atoms with van der Waals surface area (Å²) in [6, 6.07) is 13.0. The number of hydrogen-bond acceptors (Lipinski definition) is 8. The second-order valence-electron chi connectivity index (χ2n) is 5.70. The van der Waals surface area contributed by atoms with Crippen LogP contribution in [-0.4, -0.2) is 27.1 Å². The van der Waals surface area contributed by atoms with Crippen molar-refractivity contribution in [2.75, 3.05) is 5.43 Å². The Morgan fingerprint density at radius 2 is 2.04 bits per heavy atom. The number of nitro benzene ring substituents is 1. The van der Waals surface area contributed by atoms with E-state index in [0.717, 1.165) is 11.3 Å². The summed E-state index contributed by atoms with van der Waals surface area (Å²) < 4.78 is 0. The van der Waals surface area contributed by atoms with Crippen molar-refractivity contribution in [3.05, 3.63) is 79.7 Å². The molecule has 0 unspecified atom stereocenters. The third-order valence-corrected chi connectivity index (χ3v) is 4.87. The Balaban J connectivity index is 1.60. The number of hydrazone groups is 1. The fraction of sp³-hybridized carbons (Fsp3) is 0. The van der Waals surface area contributed by atoms with Gasteiger partial charge in [0.05, 0.1) is 22.1 Å². The number of anilines is 1. The van der Waals surface area contributed by atoms with E-state index in [2.05, 4.69) is 20.5 Å². The fourth-order valence-corrected chi connectivity index (χ4v) is 3.55. The van der Waals surface area contributed by atoms with Gasteiger partial charge in [0, 0.05) is 22.9 Å². The van der Waals surface area contributed by atoms with Crippen molar-refractivity contribution in [1.29, 1.82) is 0 Å². The number of rotatable bonds is 5. The summed E-state index contributed by atoms with van der Waals surface area (Å²) in [6.07, 6.45) is 1.39. The maximum absolute atomic E-state index is 12.2. The zero-order chi connectivity index (χ0) is 19.7. The molecule has 10 heteroatoms. The molecule has 3 aromatic rings. The van der Waals surface area contributed by atoms with Crippen LogP contribution in [0, 0.1) is 10.1 Å². The summed E-state index contributed by atoms with van der Waals surface area (Å²) in [6.45, 7) is 0. The number of benzene rings is 2. The van der Waals surface area contributed by atoms with Gasteiger partial charge in [-0.15, -0.1) is 0 Å². The van der Waals surface area contributed by atoms with E-state index in [0.29, 0.717) is 26.6 Å². The largest absolute Gasteiger partial charge is 0.492 e. The lowest BCUT2D eigenvalue weighted by Gasteiger charge is -1.95. The molecule has 1 aliphatic rings. The minimum absolute atomic E-state index is 0.0447. The van der Waals surface area contributed by atoms with Crippen LogP contribution in [0.4, 0.5) is 10.8 Å². The first-order valence-corrected chi connectivity index (χ1v) is 8.80. The molecule has 0 fully saturated rings. The van der Waals surface area contributed by atoms with Crippen molar-refractivity contribution in [2.45, 2.75) is 0 Å². The number of thiazole rings is 1. The highest BCUT2D eigenvalue weighted by Crippen LogP contribution is 2.33. The van der Waals surface area contributed by atoms with Gasteiger partial charge in [-0.05, 0) is 6.07 Å². The highest BCUT2D eigenvalue weighted by atomic mass is 32.1. The van der Waals surface area contributed by atoms with Gasteiger partial charge < -0.3 is 5.11 Å². The van der Waals surface area contributed by atoms with Crippen LogP contribution in [0.2, 0.25) is 0 Å². The molecule has 0 aliphatic carbocycles. The van der Waals surface area contributed by atoms with E-state index < -0.39 is 10.8 Å². The molecule has 28 heavy (non-hydrogen) atoms. The SMILES string of the molecule is O=C1N=c2ccccc2=C1c1sc(N/N=C/c2cccc([N+](=O)[O-])c2)nc1O.